The lowest BCUT2D eigenvalue weighted by Gasteiger charge is -2.71. The molecule has 9 unspecified atom stereocenters. The number of methoxy groups -OCH3 is 1. The van der Waals surface area contributed by atoms with Crippen molar-refractivity contribution in [3.05, 3.63) is 125 Å². The number of ketones is 1. The third-order valence-electron chi connectivity index (χ3n) is 16.0. The van der Waals surface area contributed by atoms with Crippen LogP contribution < -0.4 is 4.74 Å². The van der Waals surface area contributed by atoms with E-state index in [0.29, 0.717) is 24.9 Å². The van der Waals surface area contributed by atoms with Crippen molar-refractivity contribution in [2.24, 2.45) is 33.5 Å². The van der Waals surface area contributed by atoms with E-state index in [1.54, 1.807) is 7.11 Å². The molecule has 1 heterocycles. The van der Waals surface area contributed by atoms with Crippen molar-refractivity contribution in [2.75, 3.05) is 20.2 Å². The van der Waals surface area contributed by atoms with E-state index in [2.05, 4.69) is 37.0 Å². The SMILES string of the molecule is COc1ccc(C(=O)C2=CC34C=CC25C(CCC2(C)C5CCC2(O)CN2CCCC2C(O)(c2ccccc2)c2ccccc2)C3(C)CCC(O)C4)cc1. The number of likely N-dealkylation sites (tertiary alicyclic amines) is 1. The molecule has 6 nitrogen and oxygen atoms in total. The average Bonchev–Trinajstić information content (AvgIpc) is 3.76. The van der Waals surface area contributed by atoms with E-state index in [9.17, 15) is 20.1 Å². The van der Waals surface area contributed by atoms with Gasteiger partial charge in [0.25, 0.3) is 0 Å². The van der Waals surface area contributed by atoms with Gasteiger partial charge in [0.15, 0.2) is 5.78 Å². The Hall–Kier alpha value is -3.55. The summed E-state index contributed by atoms with van der Waals surface area (Å²) < 4.78 is 5.44. The number of hydrogen-bond acceptors (Lipinski definition) is 6. The fourth-order valence-electron chi connectivity index (χ4n) is 13.3. The van der Waals surface area contributed by atoms with E-state index in [-0.39, 0.29) is 34.5 Å². The van der Waals surface area contributed by atoms with Gasteiger partial charge in [-0.05, 0) is 117 Å². The number of aliphatic hydroxyl groups excluding tert-OH is 1. The summed E-state index contributed by atoms with van der Waals surface area (Å²) in [5.74, 6) is 1.07. The van der Waals surface area contributed by atoms with Gasteiger partial charge in [-0.3, -0.25) is 9.69 Å². The minimum Gasteiger partial charge on any atom is -0.497 e. The van der Waals surface area contributed by atoms with Gasteiger partial charge in [-0.2, -0.15) is 0 Å². The molecule has 3 saturated carbocycles. The van der Waals surface area contributed by atoms with Crippen molar-refractivity contribution in [1.82, 2.24) is 4.90 Å². The van der Waals surface area contributed by atoms with Gasteiger partial charge in [0.05, 0.1) is 18.8 Å². The van der Waals surface area contributed by atoms with E-state index in [4.69, 9.17) is 4.74 Å². The first kappa shape index (κ1) is 35.2. The second-order valence-electron chi connectivity index (χ2n) is 18.0. The number of β-amino-alcohol motifs (C(OH)–C–C–N with tert-alkyl or cyclic N) is 1. The van der Waals surface area contributed by atoms with E-state index < -0.39 is 28.1 Å². The molecule has 0 aromatic heterocycles. The summed E-state index contributed by atoms with van der Waals surface area (Å²) in [7, 11) is 1.64. The van der Waals surface area contributed by atoms with Gasteiger partial charge in [0.2, 0.25) is 0 Å². The number of carbonyl (C=O) groups excluding carboxylic acids is 1. The lowest BCUT2D eigenvalue weighted by molar-refractivity contribution is -0.178. The highest BCUT2D eigenvalue weighted by Crippen LogP contribution is 2.78. The number of aliphatic hydroxyl groups is 3. The Morgan fingerprint density at radius 2 is 1.45 bits per heavy atom. The van der Waals surface area contributed by atoms with Gasteiger partial charge in [0.1, 0.15) is 11.4 Å². The molecule has 3 aromatic carbocycles. The maximum absolute atomic E-state index is 14.9. The van der Waals surface area contributed by atoms with Gasteiger partial charge >= 0.3 is 0 Å². The Labute approximate surface area is 314 Å². The number of allylic oxidation sites excluding steroid dienone is 4. The van der Waals surface area contributed by atoms with Crippen molar-refractivity contribution in [3.63, 3.8) is 0 Å². The van der Waals surface area contributed by atoms with Gasteiger partial charge in [-0.25, -0.2) is 0 Å². The Morgan fingerprint density at radius 1 is 0.830 bits per heavy atom. The molecule has 0 radical (unpaired) electrons. The maximum Gasteiger partial charge on any atom is 0.189 e. The maximum atomic E-state index is 14.9. The van der Waals surface area contributed by atoms with Crippen LogP contribution in [0.15, 0.2) is 109 Å². The molecule has 2 spiro atoms. The highest BCUT2D eigenvalue weighted by Gasteiger charge is 2.74. The van der Waals surface area contributed by atoms with Crippen molar-refractivity contribution in [3.8, 4) is 5.75 Å². The topological polar surface area (TPSA) is 90.2 Å². The summed E-state index contributed by atoms with van der Waals surface area (Å²) >= 11 is 0. The Kier molecular flexibility index (Phi) is 8.11. The van der Waals surface area contributed by atoms with Gasteiger partial charge in [-0.15, -0.1) is 0 Å². The van der Waals surface area contributed by atoms with Crippen LogP contribution in [0.25, 0.3) is 0 Å². The minimum absolute atomic E-state index is 0.0542. The number of nitrogens with zero attached hydrogens (tertiary/aromatic N) is 1. The van der Waals surface area contributed by atoms with Gasteiger partial charge < -0.3 is 20.1 Å². The molecule has 7 aliphatic rings. The number of carbonyl (C=O) groups is 1. The molecule has 2 bridgehead atoms. The predicted molar refractivity (Wildman–Crippen MR) is 206 cm³/mol. The quantitative estimate of drug-likeness (QED) is 0.163. The molecule has 10 rings (SSSR count). The van der Waals surface area contributed by atoms with E-state index >= 15 is 0 Å². The largest absolute Gasteiger partial charge is 0.497 e. The molecule has 53 heavy (non-hydrogen) atoms. The van der Waals surface area contributed by atoms with Crippen LogP contribution >= 0.6 is 0 Å². The van der Waals surface area contributed by atoms with Crippen LogP contribution in [-0.4, -0.2) is 63.9 Å². The Morgan fingerprint density at radius 3 is 2.11 bits per heavy atom. The summed E-state index contributed by atoms with van der Waals surface area (Å²) in [6.45, 7) is 6.04. The molecular formula is C47H55NO5. The van der Waals surface area contributed by atoms with Gasteiger partial charge in [-0.1, -0.05) is 92.7 Å². The van der Waals surface area contributed by atoms with E-state index in [0.717, 1.165) is 73.9 Å². The number of Topliss-reactive ketones (excluding diaryl/α,β-unsaturated/α-hetero) is 1. The molecule has 3 aromatic rings. The van der Waals surface area contributed by atoms with Crippen molar-refractivity contribution < 1.29 is 24.9 Å². The van der Waals surface area contributed by atoms with Crippen molar-refractivity contribution >= 4 is 5.78 Å². The number of rotatable bonds is 8. The van der Waals surface area contributed by atoms with Crippen LogP contribution in [0.3, 0.4) is 0 Å². The van der Waals surface area contributed by atoms with Crippen LogP contribution in [0.5, 0.6) is 5.75 Å². The Balaban J connectivity index is 1.11. The number of fused-ring (bicyclic) bond motifs is 1. The molecule has 9 atom stereocenters. The summed E-state index contributed by atoms with van der Waals surface area (Å²) in [5, 5.41) is 37.3. The first-order chi connectivity index (χ1) is 25.4. The zero-order valence-corrected chi connectivity index (χ0v) is 31.5. The third kappa shape index (κ3) is 4.74. The van der Waals surface area contributed by atoms with Crippen molar-refractivity contribution in [1.29, 1.82) is 0 Å². The van der Waals surface area contributed by atoms with Crippen LogP contribution in [-0.2, 0) is 5.60 Å². The first-order valence-electron chi connectivity index (χ1n) is 20.0. The van der Waals surface area contributed by atoms with E-state index in [1.165, 1.54) is 0 Å². The van der Waals surface area contributed by atoms with Crippen LogP contribution in [0, 0.1) is 33.5 Å². The third-order valence-corrected chi connectivity index (χ3v) is 16.0. The molecule has 4 fully saturated rings. The summed E-state index contributed by atoms with van der Waals surface area (Å²) in [6.07, 6.45) is 14.1. The highest BCUT2D eigenvalue weighted by molar-refractivity contribution is 6.10. The molecular weight excluding hydrogens is 659 g/mol. The van der Waals surface area contributed by atoms with Gasteiger partial charge in [0, 0.05) is 40.0 Å². The fourth-order valence-corrected chi connectivity index (χ4v) is 13.3. The molecule has 6 aliphatic carbocycles. The van der Waals surface area contributed by atoms with Crippen LogP contribution in [0.4, 0.5) is 0 Å². The highest BCUT2D eigenvalue weighted by atomic mass is 16.5. The lowest BCUT2D eigenvalue weighted by atomic mass is 9.32. The standard InChI is InChI=1S/C47H55NO5/c1-42-23-20-35(49)29-44(42)26-27-46(37(30-44)41(50)32-16-18-36(53-3)19-17-32)38(42)21-24-43(2)39(46)22-25-45(43,51)31-48-28-10-15-40(48)47(52,33-11-6-4-7-12-33)34-13-8-5-9-14-34/h4-9,11-14,16-19,26-27,30,35,38-40,49,51-52H,10,15,20-25,28-29,31H2,1-3H3. The smallest absolute Gasteiger partial charge is 0.189 e. The molecule has 6 heteroatoms. The summed E-state index contributed by atoms with van der Waals surface area (Å²) in [5.41, 5.74) is -0.414. The normalized spacial score (nSPS) is 38.9. The average molecular weight is 714 g/mol. The van der Waals surface area contributed by atoms with Crippen LogP contribution in [0.2, 0.25) is 0 Å². The fraction of sp³-hybridized carbons (Fsp3) is 0.511. The zero-order chi connectivity index (χ0) is 36.9. The predicted octanol–water partition coefficient (Wildman–Crippen LogP) is 7.87. The second kappa shape index (κ2) is 12.2. The van der Waals surface area contributed by atoms with E-state index in [1.807, 2.05) is 84.9 Å². The molecule has 0 amide bonds. The second-order valence-corrected chi connectivity index (χ2v) is 18.0. The summed E-state index contributed by atoms with van der Waals surface area (Å²) in [6, 6.07) is 27.4. The van der Waals surface area contributed by atoms with Crippen LogP contribution in [0.1, 0.15) is 93.1 Å². The number of ether oxygens (including phenoxy) is 1. The lowest BCUT2D eigenvalue weighted by Crippen LogP contribution is -2.67. The molecule has 1 saturated heterocycles. The first-order valence-corrected chi connectivity index (χ1v) is 20.0. The van der Waals surface area contributed by atoms with Crippen molar-refractivity contribution in [2.45, 2.75) is 95.0 Å². The summed E-state index contributed by atoms with van der Waals surface area (Å²) in [4.78, 5) is 17.3. The molecule has 3 N–H and O–H groups in total. The molecule has 278 valence electrons. The number of benzene rings is 3. The zero-order valence-electron chi connectivity index (χ0n) is 31.5. The number of hydrogen-bond donors (Lipinski definition) is 3. The Bertz CT molecular complexity index is 1900. The molecule has 1 aliphatic heterocycles. The minimum atomic E-state index is -1.23. The monoisotopic (exact) mass is 713 g/mol.